The molecule has 0 N–H and O–H groups in total. The van der Waals surface area contributed by atoms with Crippen LogP contribution in [0.2, 0.25) is 0 Å². The van der Waals surface area contributed by atoms with Crippen molar-refractivity contribution in [1.29, 1.82) is 0 Å². The smallest absolute Gasteiger partial charge is 0.338 e. The predicted octanol–water partition coefficient (Wildman–Crippen LogP) is 8.81. The number of fused-ring (bicyclic) bond motifs is 1. The van der Waals surface area contributed by atoms with Crippen LogP contribution >= 0.6 is 0 Å². The fourth-order valence-electron chi connectivity index (χ4n) is 4.81. The molecule has 3 aromatic carbocycles. The first kappa shape index (κ1) is 30.0. The number of carbonyl (C=O) groups is 2. The van der Waals surface area contributed by atoms with Gasteiger partial charge < -0.3 is 9.15 Å². The average molecular weight is 552 g/mol. The van der Waals surface area contributed by atoms with E-state index in [0.717, 1.165) is 30.8 Å². The Morgan fingerprint density at radius 1 is 0.878 bits per heavy atom. The molecule has 0 aliphatic carbocycles. The zero-order valence-corrected chi connectivity index (χ0v) is 24.7. The third kappa shape index (κ3) is 7.83. The lowest BCUT2D eigenvalue weighted by Crippen LogP contribution is -2.26. The van der Waals surface area contributed by atoms with E-state index in [0.29, 0.717) is 33.4 Å². The topological polar surface area (TPSA) is 59.8 Å². The van der Waals surface area contributed by atoms with Crippen molar-refractivity contribution in [3.63, 3.8) is 0 Å². The first-order chi connectivity index (χ1) is 19.9. The van der Waals surface area contributed by atoms with Crippen LogP contribution in [-0.4, -0.2) is 42.4 Å². The van der Waals surface area contributed by atoms with E-state index >= 15 is 0 Å². The Balaban J connectivity index is 1.62. The molecule has 41 heavy (non-hydrogen) atoms. The summed E-state index contributed by atoms with van der Waals surface area (Å²) in [5, 5.41) is 0.593. The highest BCUT2D eigenvalue weighted by atomic mass is 16.5. The maximum atomic E-state index is 14.0. The summed E-state index contributed by atoms with van der Waals surface area (Å²) in [6.45, 7) is 11.2. The van der Waals surface area contributed by atoms with Crippen molar-refractivity contribution in [3.05, 3.63) is 101 Å². The number of hydrogen-bond acceptors (Lipinski definition) is 5. The second-order valence-corrected chi connectivity index (χ2v) is 10.7. The molecular weight excluding hydrogens is 510 g/mol. The number of unbranched alkanes of at least 4 members (excludes halogenated alkanes) is 2. The van der Waals surface area contributed by atoms with Crippen molar-refractivity contribution in [2.75, 3.05) is 19.6 Å². The zero-order chi connectivity index (χ0) is 29.2. The van der Waals surface area contributed by atoms with Gasteiger partial charge in [0.05, 0.1) is 17.2 Å². The predicted molar refractivity (Wildman–Crippen MR) is 167 cm³/mol. The molecule has 0 saturated heterocycles. The molecule has 0 radical (unpaired) electrons. The molecule has 214 valence electrons. The fraction of sp³-hybridized carbons (Fsp3) is 0.333. The first-order valence-electron chi connectivity index (χ1n) is 14.8. The summed E-state index contributed by atoms with van der Waals surface area (Å²) in [6, 6.07) is 22.3. The number of ketones is 1. The molecule has 5 nitrogen and oxygen atoms in total. The van der Waals surface area contributed by atoms with Gasteiger partial charge in [-0.25, -0.2) is 4.79 Å². The summed E-state index contributed by atoms with van der Waals surface area (Å²) < 4.78 is 11.6. The second-order valence-electron chi connectivity index (χ2n) is 10.7. The molecule has 0 spiro atoms. The Morgan fingerprint density at radius 2 is 1.54 bits per heavy atom. The Labute approximate surface area is 243 Å². The summed E-state index contributed by atoms with van der Waals surface area (Å²) in [5.74, 6) is -0.0946. The van der Waals surface area contributed by atoms with Gasteiger partial charge in [-0.1, -0.05) is 93.4 Å². The molecule has 0 atom stereocenters. The normalized spacial score (nSPS) is 11.7. The van der Waals surface area contributed by atoms with Gasteiger partial charge in [0.15, 0.2) is 5.78 Å². The highest BCUT2D eigenvalue weighted by Gasteiger charge is 2.24. The zero-order valence-electron chi connectivity index (χ0n) is 24.7. The van der Waals surface area contributed by atoms with E-state index in [-0.39, 0.29) is 11.9 Å². The molecule has 5 heteroatoms. The van der Waals surface area contributed by atoms with Gasteiger partial charge >= 0.3 is 5.97 Å². The highest BCUT2D eigenvalue weighted by Crippen LogP contribution is 2.36. The number of hydrogen-bond donors (Lipinski definition) is 0. The van der Waals surface area contributed by atoms with E-state index < -0.39 is 5.97 Å². The minimum absolute atomic E-state index is 0.155. The van der Waals surface area contributed by atoms with Crippen molar-refractivity contribution in [1.82, 2.24) is 4.90 Å². The third-order valence-corrected chi connectivity index (χ3v) is 7.03. The van der Waals surface area contributed by atoms with Gasteiger partial charge in [0.1, 0.15) is 11.3 Å². The van der Waals surface area contributed by atoms with Crippen LogP contribution in [0.3, 0.4) is 0 Å². The summed E-state index contributed by atoms with van der Waals surface area (Å²) in [6.07, 6.45) is 8.90. The second kappa shape index (κ2) is 14.6. The highest BCUT2D eigenvalue weighted by molar-refractivity contribution is 6.20. The molecule has 1 aromatic heterocycles. The van der Waals surface area contributed by atoms with E-state index in [1.54, 1.807) is 18.2 Å². The van der Waals surface area contributed by atoms with Gasteiger partial charge in [-0.15, -0.1) is 0 Å². The van der Waals surface area contributed by atoms with Gasteiger partial charge in [0.25, 0.3) is 0 Å². The number of ether oxygens (including phenoxy) is 1. The van der Waals surface area contributed by atoms with Crippen LogP contribution in [0.1, 0.15) is 85.2 Å². The van der Waals surface area contributed by atoms with E-state index in [1.165, 1.54) is 25.7 Å². The Morgan fingerprint density at radius 3 is 2.17 bits per heavy atom. The number of benzene rings is 3. The summed E-state index contributed by atoms with van der Waals surface area (Å²) in [4.78, 5) is 29.1. The largest absolute Gasteiger partial charge is 0.459 e. The quantitative estimate of drug-likeness (QED) is 0.116. The lowest BCUT2D eigenvalue weighted by atomic mass is 9.96. The van der Waals surface area contributed by atoms with Crippen LogP contribution in [0.15, 0.2) is 83.3 Å². The first-order valence-corrected chi connectivity index (χ1v) is 14.8. The van der Waals surface area contributed by atoms with E-state index in [2.05, 4.69) is 30.9 Å². The number of nitrogens with zero attached hydrogens (tertiary/aromatic N) is 1. The molecule has 0 aliphatic heterocycles. The third-order valence-electron chi connectivity index (χ3n) is 7.03. The lowest BCUT2D eigenvalue weighted by molar-refractivity contribution is 0.0378. The van der Waals surface area contributed by atoms with Crippen molar-refractivity contribution < 1.29 is 18.7 Å². The Kier molecular flexibility index (Phi) is 10.7. The number of carbonyl (C=O) groups excluding carboxylic acids is 2. The molecule has 0 bridgehead atoms. The average Bonchev–Trinajstić information content (AvgIpc) is 3.37. The number of furan rings is 1. The van der Waals surface area contributed by atoms with Crippen LogP contribution in [0.5, 0.6) is 0 Å². The lowest BCUT2D eigenvalue weighted by Gasteiger charge is -2.19. The molecule has 0 amide bonds. The van der Waals surface area contributed by atoms with Crippen molar-refractivity contribution in [2.24, 2.45) is 0 Å². The molecule has 0 fully saturated rings. The number of rotatable bonds is 14. The van der Waals surface area contributed by atoms with E-state index in [9.17, 15) is 9.59 Å². The molecule has 1 heterocycles. The van der Waals surface area contributed by atoms with Crippen LogP contribution in [0, 0.1) is 0 Å². The van der Waals surface area contributed by atoms with Crippen LogP contribution in [0.25, 0.3) is 28.4 Å². The minimum atomic E-state index is -0.429. The fourth-order valence-corrected chi connectivity index (χ4v) is 4.81. The maximum absolute atomic E-state index is 14.0. The monoisotopic (exact) mass is 551 g/mol. The van der Waals surface area contributed by atoms with Crippen LogP contribution in [0.4, 0.5) is 0 Å². The molecule has 0 saturated carbocycles. The van der Waals surface area contributed by atoms with Crippen LogP contribution < -0.4 is 0 Å². The maximum Gasteiger partial charge on any atom is 0.338 e. The summed E-state index contributed by atoms with van der Waals surface area (Å²) >= 11 is 0. The van der Waals surface area contributed by atoms with E-state index in [4.69, 9.17) is 9.15 Å². The van der Waals surface area contributed by atoms with Crippen molar-refractivity contribution in [3.8, 4) is 11.3 Å². The van der Waals surface area contributed by atoms with Gasteiger partial charge in [0, 0.05) is 23.1 Å². The van der Waals surface area contributed by atoms with Gasteiger partial charge in [0.2, 0.25) is 0 Å². The number of esters is 1. The molecule has 0 aliphatic rings. The molecule has 4 rings (SSSR count). The molecule has 4 aromatic rings. The SMILES string of the molecule is CCCCN(CC=Cc1ccc(C(=O)c2c(-c3ccccc3)oc3ccc(C(=O)OC(C)C)cc23)cc1)CCCC. The molecular formula is C36H41NO4. The Hall–Kier alpha value is -3.96. The van der Waals surface area contributed by atoms with Crippen molar-refractivity contribution >= 4 is 28.8 Å². The van der Waals surface area contributed by atoms with Gasteiger partial charge in [-0.05, 0) is 63.5 Å². The minimum Gasteiger partial charge on any atom is -0.459 e. The Bertz CT molecular complexity index is 1460. The summed E-state index contributed by atoms with van der Waals surface area (Å²) in [5.41, 5.74) is 3.78. The van der Waals surface area contributed by atoms with Gasteiger partial charge in [-0.3, -0.25) is 9.69 Å². The molecule has 0 unspecified atom stereocenters. The summed E-state index contributed by atoms with van der Waals surface area (Å²) in [7, 11) is 0. The standard InChI is InChI=1S/C36H41NO4/c1-5-7-22-37(23-8-6-2)24-12-13-27-16-18-28(19-17-27)34(38)33-31-25-30(36(39)40-26(3)4)20-21-32(31)41-35(33)29-14-10-9-11-15-29/h9-21,25-26H,5-8,22-24H2,1-4H3. The van der Waals surface area contributed by atoms with Crippen LogP contribution in [-0.2, 0) is 4.74 Å². The van der Waals surface area contributed by atoms with E-state index in [1.807, 2.05) is 68.4 Å². The van der Waals surface area contributed by atoms with Gasteiger partial charge in [-0.2, -0.15) is 0 Å². The van der Waals surface area contributed by atoms with Crippen molar-refractivity contribution in [2.45, 2.75) is 59.5 Å².